The molecule has 0 amide bonds. The Hall–Kier alpha value is -2.03. The van der Waals surface area contributed by atoms with Crippen molar-refractivity contribution >= 4 is 40.6 Å². The molecule has 9 heteroatoms. The van der Waals surface area contributed by atoms with Crippen LogP contribution in [0.2, 0.25) is 5.02 Å². The van der Waals surface area contributed by atoms with E-state index in [1.54, 1.807) is 45.0 Å². The first kappa shape index (κ1) is 25.2. The average molecular weight is 470 g/mol. The van der Waals surface area contributed by atoms with E-state index in [0.717, 1.165) is 11.8 Å². The molecule has 1 aromatic carbocycles. The van der Waals surface area contributed by atoms with Gasteiger partial charge in [-0.25, -0.2) is 14.4 Å². The molecule has 2 atom stereocenters. The van der Waals surface area contributed by atoms with E-state index < -0.39 is 28.9 Å². The SMILES string of the molecule is COC(=O)SC1CCN([C@H](C(=O)OC)c2ccccc2Cl)C/C1=C/C(=O)OC(C)(C)C. The zero-order chi connectivity index (χ0) is 23.2. The van der Waals surface area contributed by atoms with Gasteiger partial charge in [0.2, 0.25) is 0 Å². The monoisotopic (exact) mass is 469 g/mol. The number of likely N-dealkylation sites (tertiary alicyclic amines) is 1. The molecule has 0 bridgehead atoms. The molecule has 1 fully saturated rings. The van der Waals surface area contributed by atoms with Crippen molar-refractivity contribution in [3.63, 3.8) is 0 Å². The minimum Gasteiger partial charge on any atom is -0.468 e. The summed E-state index contributed by atoms with van der Waals surface area (Å²) in [5.41, 5.74) is 0.628. The first-order chi connectivity index (χ1) is 14.6. The highest BCUT2D eigenvalue weighted by Crippen LogP contribution is 2.36. The smallest absolute Gasteiger partial charge is 0.367 e. The Kier molecular flexibility index (Phi) is 8.97. The number of benzene rings is 1. The minimum atomic E-state index is -0.746. The first-order valence-corrected chi connectivity index (χ1v) is 11.1. The largest absolute Gasteiger partial charge is 0.468 e. The Labute approximate surface area is 192 Å². The van der Waals surface area contributed by atoms with Crippen LogP contribution in [0, 0.1) is 0 Å². The molecular weight excluding hydrogens is 442 g/mol. The molecule has 2 rings (SSSR count). The number of nitrogens with zero attached hydrogens (tertiary/aromatic N) is 1. The maximum Gasteiger partial charge on any atom is 0.367 e. The lowest BCUT2D eigenvalue weighted by atomic mass is 9.98. The van der Waals surface area contributed by atoms with Gasteiger partial charge in [0.05, 0.1) is 14.2 Å². The zero-order valence-electron chi connectivity index (χ0n) is 18.3. The fraction of sp³-hybridized carbons (Fsp3) is 0.500. The van der Waals surface area contributed by atoms with Crippen LogP contribution in [0.3, 0.4) is 0 Å². The summed E-state index contributed by atoms with van der Waals surface area (Å²) >= 11 is 7.37. The Morgan fingerprint density at radius 2 is 1.87 bits per heavy atom. The molecule has 1 unspecified atom stereocenters. The van der Waals surface area contributed by atoms with Gasteiger partial charge < -0.3 is 14.2 Å². The van der Waals surface area contributed by atoms with Gasteiger partial charge in [-0.15, -0.1) is 0 Å². The number of carbonyl (C=O) groups excluding carboxylic acids is 3. The Bertz CT molecular complexity index is 851. The molecule has 0 N–H and O–H groups in total. The second-order valence-electron chi connectivity index (χ2n) is 8.02. The molecule has 1 heterocycles. The van der Waals surface area contributed by atoms with Crippen LogP contribution < -0.4 is 0 Å². The number of methoxy groups -OCH3 is 2. The third kappa shape index (κ3) is 7.26. The Balaban J connectivity index is 2.37. The Morgan fingerprint density at radius 1 is 1.19 bits per heavy atom. The van der Waals surface area contributed by atoms with E-state index in [4.69, 9.17) is 25.8 Å². The summed E-state index contributed by atoms with van der Waals surface area (Å²) in [7, 11) is 2.63. The number of rotatable bonds is 5. The first-order valence-electron chi connectivity index (χ1n) is 9.80. The molecule has 0 spiro atoms. The summed E-state index contributed by atoms with van der Waals surface area (Å²) in [4.78, 5) is 38.9. The highest BCUT2D eigenvalue weighted by Gasteiger charge is 2.36. The van der Waals surface area contributed by atoms with Crippen molar-refractivity contribution in [2.24, 2.45) is 0 Å². The van der Waals surface area contributed by atoms with Crippen molar-refractivity contribution in [3.8, 4) is 0 Å². The van der Waals surface area contributed by atoms with E-state index in [2.05, 4.69) is 0 Å². The minimum absolute atomic E-state index is 0.263. The molecule has 1 saturated heterocycles. The second-order valence-corrected chi connectivity index (χ2v) is 9.56. The van der Waals surface area contributed by atoms with Crippen LogP contribution in [0.15, 0.2) is 35.9 Å². The molecule has 0 aromatic heterocycles. The topological polar surface area (TPSA) is 82.1 Å². The van der Waals surface area contributed by atoms with Gasteiger partial charge in [0.15, 0.2) is 0 Å². The lowest BCUT2D eigenvalue weighted by Gasteiger charge is -2.37. The number of thioether (sulfide) groups is 1. The summed E-state index contributed by atoms with van der Waals surface area (Å²) in [5.74, 6) is -0.962. The number of ether oxygens (including phenoxy) is 3. The van der Waals surface area contributed by atoms with Gasteiger partial charge >= 0.3 is 17.2 Å². The predicted octanol–water partition coefficient (Wildman–Crippen LogP) is 4.40. The van der Waals surface area contributed by atoms with E-state index >= 15 is 0 Å². The van der Waals surface area contributed by atoms with Crippen LogP contribution in [0.5, 0.6) is 0 Å². The van der Waals surface area contributed by atoms with Crippen molar-refractivity contribution in [2.45, 2.75) is 44.1 Å². The lowest BCUT2D eigenvalue weighted by molar-refractivity contribution is -0.148. The molecule has 1 aromatic rings. The van der Waals surface area contributed by atoms with Gasteiger partial charge in [-0.05, 0) is 56.2 Å². The van der Waals surface area contributed by atoms with Gasteiger partial charge in [0.25, 0.3) is 0 Å². The molecule has 170 valence electrons. The van der Waals surface area contributed by atoms with Crippen molar-refractivity contribution in [2.75, 3.05) is 27.3 Å². The predicted molar refractivity (Wildman–Crippen MR) is 120 cm³/mol. The van der Waals surface area contributed by atoms with Crippen LogP contribution >= 0.6 is 23.4 Å². The second kappa shape index (κ2) is 11.0. The van der Waals surface area contributed by atoms with E-state index in [0.29, 0.717) is 29.1 Å². The maximum absolute atomic E-state index is 12.7. The molecule has 1 aliphatic rings. The van der Waals surface area contributed by atoms with Gasteiger partial charge in [0, 0.05) is 29.4 Å². The number of hydrogen-bond donors (Lipinski definition) is 0. The molecule has 7 nitrogen and oxygen atoms in total. The summed E-state index contributed by atoms with van der Waals surface area (Å²) in [6, 6.07) is 6.33. The maximum atomic E-state index is 12.7. The highest BCUT2D eigenvalue weighted by atomic mass is 35.5. The third-order valence-electron chi connectivity index (χ3n) is 4.58. The number of carbonyl (C=O) groups is 3. The molecule has 0 aliphatic carbocycles. The van der Waals surface area contributed by atoms with Crippen molar-refractivity contribution in [3.05, 3.63) is 46.5 Å². The summed E-state index contributed by atoms with van der Waals surface area (Å²) in [5, 5.41) is -0.272. The van der Waals surface area contributed by atoms with E-state index in [1.165, 1.54) is 20.3 Å². The third-order valence-corrected chi connectivity index (χ3v) is 6.11. The van der Waals surface area contributed by atoms with Crippen LogP contribution in [0.4, 0.5) is 4.79 Å². The molecule has 31 heavy (non-hydrogen) atoms. The van der Waals surface area contributed by atoms with E-state index in [-0.39, 0.29) is 11.8 Å². The van der Waals surface area contributed by atoms with E-state index in [1.807, 2.05) is 4.90 Å². The normalized spacial score (nSPS) is 19.5. The van der Waals surface area contributed by atoms with Crippen molar-refractivity contribution < 1.29 is 28.6 Å². The average Bonchev–Trinajstić information content (AvgIpc) is 2.69. The van der Waals surface area contributed by atoms with Crippen LogP contribution in [0.1, 0.15) is 38.8 Å². The molecule has 1 aliphatic heterocycles. The number of esters is 2. The fourth-order valence-corrected chi connectivity index (χ4v) is 4.39. The summed E-state index contributed by atoms with van der Waals surface area (Å²) in [6.45, 7) is 6.09. The van der Waals surface area contributed by atoms with Crippen LogP contribution in [-0.4, -0.2) is 60.3 Å². The lowest BCUT2D eigenvalue weighted by Crippen LogP contribution is -2.43. The van der Waals surface area contributed by atoms with E-state index in [9.17, 15) is 14.4 Å². The number of piperidine rings is 1. The number of halogens is 1. The zero-order valence-corrected chi connectivity index (χ0v) is 19.9. The quantitative estimate of drug-likeness (QED) is 0.356. The number of hydrogen-bond acceptors (Lipinski definition) is 8. The van der Waals surface area contributed by atoms with Gasteiger partial charge in [-0.2, -0.15) is 0 Å². The molecule has 0 radical (unpaired) electrons. The van der Waals surface area contributed by atoms with Crippen LogP contribution in [0.25, 0.3) is 0 Å². The van der Waals surface area contributed by atoms with Crippen molar-refractivity contribution in [1.82, 2.24) is 4.90 Å². The Morgan fingerprint density at radius 3 is 2.45 bits per heavy atom. The highest BCUT2D eigenvalue weighted by molar-refractivity contribution is 8.13. The standard InChI is InChI=1S/C22H28ClNO6S/c1-22(2,3)30-18(25)12-14-13-24(11-10-17(14)31-21(27)29-5)19(20(26)28-4)15-8-6-7-9-16(15)23/h6-9,12,17,19H,10-11,13H2,1-5H3/b14-12-/t17?,19-/m0/s1. The van der Waals surface area contributed by atoms with Crippen LogP contribution in [-0.2, 0) is 23.8 Å². The summed E-state index contributed by atoms with van der Waals surface area (Å²) in [6.07, 6.45) is 1.92. The van der Waals surface area contributed by atoms with Gasteiger partial charge in [-0.1, -0.05) is 29.8 Å². The molecular formula is C22H28ClNO6S. The molecule has 0 saturated carbocycles. The van der Waals surface area contributed by atoms with Gasteiger partial charge in [-0.3, -0.25) is 4.90 Å². The van der Waals surface area contributed by atoms with Crippen molar-refractivity contribution in [1.29, 1.82) is 0 Å². The van der Waals surface area contributed by atoms with Gasteiger partial charge in [0.1, 0.15) is 11.6 Å². The summed E-state index contributed by atoms with van der Waals surface area (Å²) < 4.78 is 15.2. The fourth-order valence-electron chi connectivity index (χ4n) is 3.31.